The van der Waals surface area contributed by atoms with E-state index in [-0.39, 0.29) is 0 Å². The first-order valence-electron chi connectivity index (χ1n) is 6.48. The van der Waals surface area contributed by atoms with E-state index in [0.717, 1.165) is 22.0 Å². The number of halogens is 1. The van der Waals surface area contributed by atoms with E-state index in [2.05, 4.69) is 46.8 Å². The molecule has 1 heteroatoms. The second-order valence-corrected chi connectivity index (χ2v) is 5.07. The number of terminal acetylenes is 2. The summed E-state index contributed by atoms with van der Waals surface area (Å²) in [6.07, 6.45) is 12.7. The van der Waals surface area contributed by atoms with Crippen molar-refractivity contribution in [3.8, 4) is 24.7 Å². The van der Waals surface area contributed by atoms with Crippen LogP contribution in [-0.2, 0) is 6.42 Å². The van der Waals surface area contributed by atoms with Crippen molar-refractivity contribution >= 4 is 15.9 Å². The van der Waals surface area contributed by atoms with Crippen molar-refractivity contribution in [1.29, 1.82) is 0 Å². The van der Waals surface area contributed by atoms with Crippen LogP contribution in [-0.4, -0.2) is 0 Å². The molecule has 0 aromatic heterocycles. The van der Waals surface area contributed by atoms with Gasteiger partial charge in [-0.25, -0.2) is 0 Å². The zero-order chi connectivity index (χ0) is 14.8. The first-order valence-corrected chi connectivity index (χ1v) is 7.27. The van der Waals surface area contributed by atoms with Gasteiger partial charge in [-0.05, 0) is 52.2 Å². The molecule has 0 spiro atoms. The van der Waals surface area contributed by atoms with Gasteiger partial charge in [0.1, 0.15) is 0 Å². The lowest BCUT2D eigenvalue weighted by Crippen LogP contribution is -1.82. The second-order valence-electron chi connectivity index (χ2n) is 4.22. The van der Waals surface area contributed by atoms with Gasteiger partial charge in [0.2, 0.25) is 0 Å². The van der Waals surface area contributed by atoms with Gasteiger partial charge in [-0.3, -0.25) is 0 Å². The van der Waals surface area contributed by atoms with Crippen LogP contribution >= 0.6 is 15.9 Å². The zero-order valence-electron chi connectivity index (χ0n) is 11.6. The summed E-state index contributed by atoms with van der Waals surface area (Å²) in [4.78, 5) is 0. The first kappa shape index (κ1) is 16.1. The highest BCUT2D eigenvalue weighted by molar-refractivity contribution is 9.10. The van der Waals surface area contributed by atoms with Crippen molar-refractivity contribution in [2.45, 2.75) is 19.8 Å². The minimum atomic E-state index is 0.900. The normalized spacial score (nSPS) is 8.80. The van der Waals surface area contributed by atoms with Crippen LogP contribution in [0, 0.1) is 24.7 Å². The zero-order valence-corrected chi connectivity index (χ0v) is 13.2. The molecule has 0 aliphatic carbocycles. The van der Waals surface area contributed by atoms with E-state index in [1.54, 1.807) is 0 Å². The van der Waals surface area contributed by atoms with Crippen LogP contribution in [0.25, 0.3) is 0 Å². The summed E-state index contributed by atoms with van der Waals surface area (Å²) in [6, 6.07) is 15.8. The molecular weight excluding hydrogens is 308 g/mol. The fraction of sp³-hybridized carbons (Fsp3) is 0.158. The summed E-state index contributed by atoms with van der Waals surface area (Å²) in [6.45, 7) is 2.18. The lowest BCUT2D eigenvalue weighted by atomic mass is 10.1. The Morgan fingerprint density at radius 3 is 2.05 bits per heavy atom. The maximum absolute atomic E-state index is 5.22. The monoisotopic (exact) mass is 324 g/mol. The minimum Gasteiger partial charge on any atom is -0.115 e. The van der Waals surface area contributed by atoms with Crippen molar-refractivity contribution in [3.05, 3.63) is 69.7 Å². The van der Waals surface area contributed by atoms with Crippen molar-refractivity contribution in [3.63, 3.8) is 0 Å². The summed E-state index contributed by atoms with van der Waals surface area (Å²) in [5, 5.41) is 0. The number of benzene rings is 2. The van der Waals surface area contributed by atoms with Crippen molar-refractivity contribution < 1.29 is 0 Å². The van der Waals surface area contributed by atoms with Crippen LogP contribution in [0.4, 0.5) is 0 Å². The largest absolute Gasteiger partial charge is 0.115 e. The van der Waals surface area contributed by atoms with Crippen LogP contribution in [0.2, 0.25) is 0 Å². The standard InChI is InChI=1S/C11H12.C8H5Br/c1-3-5-11-8-6-10(4-2)7-9-11;1-2-7-5-3-4-6-8(7)9/h2,6-9H,3,5H2,1H3;1,3-6H. The number of hydrogen-bond donors (Lipinski definition) is 0. The molecule has 0 saturated carbocycles. The fourth-order valence-electron chi connectivity index (χ4n) is 1.63. The summed E-state index contributed by atoms with van der Waals surface area (Å²) in [7, 11) is 0. The highest BCUT2D eigenvalue weighted by Gasteiger charge is 1.90. The molecule has 2 rings (SSSR count). The molecule has 100 valence electrons. The molecular formula is C19H17Br. The molecule has 0 unspecified atom stereocenters. The summed E-state index contributed by atoms with van der Waals surface area (Å²) in [5.41, 5.74) is 3.23. The van der Waals surface area contributed by atoms with E-state index in [4.69, 9.17) is 12.8 Å². The number of aryl methyl sites for hydroxylation is 1. The van der Waals surface area contributed by atoms with Gasteiger partial charge in [-0.15, -0.1) is 12.8 Å². The smallest absolute Gasteiger partial charge is 0.0384 e. The number of hydrogen-bond acceptors (Lipinski definition) is 0. The maximum Gasteiger partial charge on any atom is 0.0384 e. The van der Waals surface area contributed by atoms with E-state index >= 15 is 0 Å². The van der Waals surface area contributed by atoms with E-state index in [1.165, 1.54) is 12.0 Å². The molecule has 20 heavy (non-hydrogen) atoms. The Hall–Kier alpha value is -1.96. The van der Waals surface area contributed by atoms with Gasteiger partial charge in [0.15, 0.2) is 0 Å². The topological polar surface area (TPSA) is 0 Å². The van der Waals surface area contributed by atoms with Gasteiger partial charge in [-0.1, -0.05) is 49.5 Å². The summed E-state index contributed by atoms with van der Waals surface area (Å²) >= 11 is 3.31. The number of rotatable bonds is 2. The van der Waals surface area contributed by atoms with Crippen LogP contribution < -0.4 is 0 Å². The summed E-state index contributed by atoms with van der Waals surface area (Å²) in [5.74, 6) is 5.14. The molecule has 0 radical (unpaired) electrons. The predicted molar refractivity (Wildman–Crippen MR) is 90.4 cm³/mol. The van der Waals surface area contributed by atoms with Gasteiger partial charge < -0.3 is 0 Å². The molecule has 0 aliphatic heterocycles. The average molecular weight is 325 g/mol. The highest BCUT2D eigenvalue weighted by Crippen LogP contribution is 2.13. The van der Waals surface area contributed by atoms with E-state index in [1.807, 2.05) is 36.4 Å². The Morgan fingerprint density at radius 2 is 1.60 bits per heavy atom. The van der Waals surface area contributed by atoms with Crippen LogP contribution in [0.3, 0.4) is 0 Å². The Kier molecular flexibility index (Phi) is 7.26. The molecule has 0 amide bonds. The maximum atomic E-state index is 5.22. The summed E-state index contributed by atoms with van der Waals surface area (Å²) < 4.78 is 0.979. The van der Waals surface area contributed by atoms with Crippen LogP contribution in [0.15, 0.2) is 53.0 Å². The molecule has 0 fully saturated rings. The third-order valence-electron chi connectivity index (χ3n) is 2.69. The molecule has 0 N–H and O–H groups in total. The van der Waals surface area contributed by atoms with Gasteiger partial charge in [0.25, 0.3) is 0 Å². The molecule has 0 nitrogen and oxygen atoms in total. The van der Waals surface area contributed by atoms with Crippen molar-refractivity contribution in [2.24, 2.45) is 0 Å². The van der Waals surface area contributed by atoms with E-state index in [0.29, 0.717) is 0 Å². The SMILES string of the molecule is C#Cc1ccc(CCC)cc1.C#Cc1ccccc1Br. The first-order chi connectivity index (χ1) is 9.71. The minimum absolute atomic E-state index is 0.900. The molecule has 0 bridgehead atoms. The predicted octanol–water partition coefficient (Wildman–Crippen LogP) is 5.05. The van der Waals surface area contributed by atoms with Gasteiger partial charge in [0.05, 0.1) is 0 Å². The van der Waals surface area contributed by atoms with Gasteiger partial charge in [-0.2, -0.15) is 0 Å². The fourth-order valence-corrected chi connectivity index (χ4v) is 2.03. The van der Waals surface area contributed by atoms with Crippen molar-refractivity contribution in [2.75, 3.05) is 0 Å². The Bertz CT molecular complexity index is 609. The third-order valence-corrected chi connectivity index (χ3v) is 3.38. The van der Waals surface area contributed by atoms with Gasteiger partial charge >= 0.3 is 0 Å². The molecule has 0 atom stereocenters. The average Bonchev–Trinajstić information content (AvgIpc) is 2.49. The van der Waals surface area contributed by atoms with Gasteiger partial charge in [0, 0.05) is 15.6 Å². The van der Waals surface area contributed by atoms with Crippen molar-refractivity contribution in [1.82, 2.24) is 0 Å². The molecule has 2 aromatic rings. The quantitative estimate of drug-likeness (QED) is 0.678. The Balaban J connectivity index is 0.000000204. The van der Waals surface area contributed by atoms with E-state index in [9.17, 15) is 0 Å². The molecule has 0 aliphatic rings. The Labute approximate surface area is 130 Å². The van der Waals surface area contributed by atoms with Crippen LogP contribution in [0.5, 0.6) is 0 Å². The highest BCUT2D eigenvalue weighted by atomic mass is 79.9. The molecule has 2 aromatic carbocycles. The second kappa shape index (κ2) is 9.03. The lowest BCUT2D eigenvalue weighted by Gasteiger charge is -1.96. The third kappa shape index (κ3) is 5.35. The molecule has 0 saturated heterocycles. The Morgan fingerprint density at radius 1 is 0.950 bits per heavy atom. The lowest BCUT2D eigenvalue weighted by molar-refractivity contribution is 0.922. The van der Waals surface area contributed by atoms with Crippen LogP contribution in [0.1, 0.15) is 30.0 Å². The van der Waals surface area contributed by atoms with E-state index < -0.39 is 0 Å². The molecule has 0 heterocycles.